The van der Waals surface area contributed by atoms with Gasteiger partial charge in [0, 0.05) is 24.2 Å². The zero-order valence-corrected chi connectivity index (χ0v) is 18.2. The first-order valence-corrected chi connectivity index (χ1v) is 11.6. The van der Waals surface area contributed by atoms with Crippen LogP contribution in [0.4, 0.5) is 0 Å². The van der Waals surface area contributed by atoms with Gasteiger partial charge in [-0.1, -0.05) is 51.4 Å². The van der Waals surface area contributed by atoms with E-state index in [9.17, 15) is 13.2 Å². The van der Waals surface area contributed by atoms with E-state index >= 15 is 0 Å². The van der Waals surface area contributed by atoms with Gasteiger partial charge in [0.2, 0.25) is 15.9 Å². The molecule has 1 heterocycles. The van der Waals surface area contributed by atoms with Crippen LogP contribution in [0.1, 0.15) is 46.1 Å². The first-order valence-electron chi connectivity index (χ1n) is 9.62. The Morgan fingerprint density at radius 3 is 2.33 bits per heavy atom. The second-order valence-electron chi connectivity index (χ2n) is 8.10. The van der Waals surface area contributed by atoms with Gasteiger partial charge in [0.1, 0.15) is 0 Å². The van der Waals surface area contributed by atoms with Crippen molar-refractivity contribution in [2.24, 2.45) is 17.8 Å². The van der Waals surface area contributed by atoms with Gasteiger partial charge in [-0.15, -0.1) is 0 Å². The van der Waals surface area contributed by atoms with Gasteiger partial charge in [-0.2, -0.15) is 0 Å². The second kappa shape index (κ2) is 9.39. The van der Waals surface area contributed by atoms with Gasteiger partial charge in [-0.25, -0.2) is 12.7 Å². The highest BCUT2D eigenvalue weighted by Gasteiger charge is 2.33. The van der Waals surface area contributed by atoms with Crippen LogP contribution in [-0.4, -0.2) is 37.8 Å². The fourth-order valence-electron chi connectivity index (χ4n) is 3.68. The zero-order chi connectivity index (χ0) is 20.2. The number of hydrogen-bond donors (Lipinski definition) is 1. The summed E-state index contributed by atoms with van der Waals surface area (Å²) in [5.41, 5.74) is 0.700. The molecule has 1 atom stereocenters. The Morgan fingerprint density at radius 2 is 1.78 bits per heavy atom. The summed E-state index contributed by atoms with van der Waals surface area (Å²) >= 11 is 5.87. The van der Waals surface area contributed by atoms with Gasteiger partial charge in [0.25, 0.3) is 0 Å². The lowest BCUT2D eigenvalue weighted by atomic mass is 9.91. The summed E-state index contributed by atoms with van der Waals surface area (Å²) in [5.74, 6) is 0.274. The molecule has 0 spiro atoms. The molecule has 1 aliphatic heterocycles. The highest BCUT2D eigenvalue weighted by atomic mass is 35.5. The quantitative estimate of drug-likeness (QED) is 0.740. The van der Waals surface area contributed by atoms with E-state index in [4.69, 9.17) is 11.6 Å². The third kappa shape index (κ3) is 6.19. The lowest BCUT2D eigenvalue weighted by Gasteiger charge is -2.33. The number of nitrogens with zero attached hydrogens (tertiary/aromatic N) is 1. The molecule has 1 aromatic rings. The summed E-state index contributed by atoms with van der Waals surface area (Å²) in [6, 6.07) is 6.93. The smallest absolute Gasteiger partial charge is 0.224 e. The highest BCUT2D eigenvalue weighted by Crippen LogP contribution is 2.23. The normalized spacial score (nSPS) is 19.0. The topological polar surface area (TPSA) is 66.5 Å². The van der Waals surface area contributed by atoms with Crippen molar-refractivity contribution in [3.8, 4) is 0 Å². The molecule has 27 heavy (non-hydrogen) atoms. The van der Waals surface area contributed by atoms with Crippen LogP contribution in [0.3, 0.4) is 0 Å². The molecule has 0 aliphatic carbocycles. The van der Waals surface area contributed by atoms with Gasteiger partial charge in [-0.05, 0) is 42.4 Å². The van der Waals surface area contributed by atoms with Crippen molar-refractivity contribution in [1.82, 2.24) is 9.62 Å². The zero-order valence-electron chi connectivity index (χ0n) is 16.6. The van der Waals surface area contributed by atoms with Crippen molar-refractivity contribution in [1.29, 1.82) is 0 Å². The Labute approximate surface area is 168 Å². The Hall–Kier alpha value is -1.11. The van der Waals surface area contributed by atoms with Crippen LogP contribution in [0.25, 0.3) is 0 Å². The molecule has 7 heteroatoms. The Kier molecular flexibility index (Phi) is 7.72. The van der Waals surface area contributed by atoms with Crippen molar-refractivity contribution in [2.45, 2.75) is 52.3 Å². The third-order valence-electron chi connectivity index (χ3n) is 5.16. The molecule has 152 valence electrons. The van der Waals surface area contributed by atoms with Gasteiger partial charge in [-0.3, -0.25) is 4.79 Å². The van der Waals surface area contributed by atoms with E-state index in [1.165, 1.54) is 4.31 Å². The Balaban J connectivity index is 2.03. The number of sulfonamides is 1. The van der Waals surface area contributed by atoms with Crippen molar-refractivity contribution < 1.29 is 13.2 Å². The third-order valence-corrected chi connectivity index (χ3v) is 7.22. The van der Waals surface area contributed by atoms with Crippen molar-refractivity contribution in [2.75, 3.05) is 13.1 Å². The van der Waals surface area contributed by atoms with E-state index in [1.807, 2.05) is 0 Å². The molecule has 0 aromatic heterocycles. The summed E-state index contributed by atoms with van der Waals surface area (Å²) in [5, 5.41) is 3.72. The first kappa shape index (κ1) is 22.2. The maximum absolute atomic E-state index is 12.8. The molecule has 5 nitrogen and oxygen atoms in total. The molecule has 1 amide bonds. The number of carbonyl (C=O) groups is 1. The van der Waals surface area contributed by atoms with Crippen LogP contribution in [0, 0.1) is 17.8 Å². The fourth-order valence-corrected chi connectivity index (χ4v) is 5.41. The van der Waals surface area contributed by atoms with E-state index in [2.05, 4.69) is 33.0 Å². The minimum Gasteiger partial charge on any atom is -0.353 e. The summed E-state index contributed by atoms with van der Waals surface area (Å²) in [7, 11) is -3.47. The van der Waals surface area contributed by atoms with E-state index < -0.39 is 10.0 Å². The number of hydrogen-bond acceptors (Lipinski definition) is 3. The van der Waals surface area contributed by atoms with Crippen LogP contribution < -0.4 is 5.32 Å². The minimum absolute atomic E-state index is 0.0335. The number of benzene rings is 1. The molecular formula is C20H31ClN2O3S. The maximum atomic E-state index is 12.8. The fraction of sp³-hybridized carbons (Fsp3) is 0.650. The van der Waals surface area contributed by atoms with Crippen LogP contribution >= 0.6 is 11.6 Å². The minimum atomic E-state index is -3.47. The molecule has 0 saturated carbocycles. The molecule has 0 radical (unpaired) electrons. The number of nitrogens with one attached hydrogen (secondary N) is 1. The molecular weight excluding hydrogens is 384 g/mol. The van der Waals surface area contributed by atoms with Gasteiger partial charge >= 0.3 is 0 Å². The second-order valence-corrected chi connectivity index (χ2v) is 10.5. The number of carbonyl (C=O) groups excluding carboxylic acids is 1. The number of piperidine rings is 1. The summed E-state index contributed by atoms with van der Waals surface area (Å²) < 4.78 is 27.1. The first-order chi connectivity index (χ1) is 12.6. The van der Waals surface area contributed by atoms with Crippen LogP contribution in [-0.2, 0) is 20.6 Å². The molecule has 1 aromatic carbocycles. The van der Waals surface area contributed by atoms with Gasteiger partial charge < -0.3 is 5.32 Å². The lowest BCUT2D eigenvalue weighted by molar-refractivity contribution is -0.127. The molecule has 1 N–H and O–H groups in total. The summed E-state index contributed by atoms with van der Waals surface area (Å²) in [4.78, 5) is 12.7. The van der Waals surface area contributed by atoms with Gasteiger partial charge in [0.05, 0.1) is 11.7 Å². The monoisotopic (exact) mass is 414 g/mol. The Morgan fingerprint density at radius 1 is 1.19 bits per heavy atom. The van der Waals surface area contributed by atoms with E-state index in [1.54, 1.807) is 24.3 Å². The number of rotatable bonds is 7. The Bertz CT molecular complexity index is 724. The predicted molar refractivity (Wildman–Crippen MR) is 110 cm³/mol. The van der Waals surface area contributed by atoms with Crippen LogP contribution in [0.5, 0.6) is 0 Å². The van der Waals surface area contributed by atoms with Gasteiger partial charge in [0.15, 0.2) is 0 Å². The van der Waals surface area contributed by atoms with Crippen LogP contribution in [0.2, 0.25) is 5.02 Å². The number of amides is 1. The van der Waals surface area contributed by atoms with Crippen molar-refractivity contribution in [3.63, 3.8) is 0 Å². The lowest BCUT2D eigenvalue weighted by Crippen LogP contribution is -2.50. The van der Waals surface area contributed by atoms with Crippen molar-refractivity contribution in [3.05, 3.63) is 34.9 Å². The molecule has 1 saturated heterocycles. The average Bonchev–Trinajstić information content (AvgIpc) is 2.60. The van der Waals surface area contributed by atoms with E-state index in [-0.39, 0.29) is 30.2 Å². The molecule has 1 fully saturated rings. The predicted octanol–water partition coefficient (Wildman–Crippen LogP) is 3.68. The molecule has 1 aliphatic rings. The molecule has 1 unspecified atom stereocenters. The largest absolute Gasteiger partial charge is 0.353 e. The summed E-state index contributed by atoms with van der Waals surface area (Å²) in [6.07, 6.45) is 1.42. The molecule has 2 rings (SSSR count). The van der Waals surface area contributed by atoms with E-state index in [0.717, 1.165) is 6.42 Å². The standard InChI is InChI=1S/C20H31ClN2O3S/c1-14(2)19(15(3)4)22-20(24)17-6-5-11-23(12-17)27(25,26)13-16-7-9-18(21)10-8-16/h7-10,14-15,17,19H,5-6,11-13H2,1-4H3,(H,22,24). The maximum Gasteiger partial charge on any atom is 0.224 e. The highest BCUT2D eigenvalue weighted by molar-refractivity contribution is 7.88. The molecule has 0 bridgehead atoms. The van der Waals surface area contributed by atoms with Crippen LogP contribution in [0.15, 0.2) is 24.3 Å². The number of halogens is 1. The summed E-state index contributed by atoms with van der Waals surface area (Å²) in [6.45, 7) is 9.09. The average molecular weight is 415 g/mol. The SMILES string of the molecule is CC(C)C(NC(=O)C1CCCN(S(=O)(=O)Cc2ccc(Cl)cc2)C1)C(C)C. The van der Waals surface area contributed by atoms with E-state index in [0.29, 0.717) is 35.4 Å². The van der Waals surface area contributed by atoms with Crippen molar-refractivity contribution >= 4 is 27.5 Å².